The lowest BCUT2D eigenvalue weighted by atomic mass is 9.64. The van der Waals surface area contributed by atoms with Gasteiger partial charge in [0.1, 0.15) is 5.84 Å². The van der Waals surface area contributed by atoms with E-state index in [1.807, 2.05) is 12.3 Å². The number of nitrogens with zero attached hydrogens (tertiary/aromatic N) is 2. The van der Waals surface area contributed by atoms with Crippen molar-refractivity contribution >= 4 is 11.5 Å². The summed E-state index contributed by atoms with van der Waals surface area (Å²) in [7, 11) is 0. The zero-order valence-corrected chi connectivity index (χ0v) is 14.7. The molecule has 0 spiro atoms. The highest BCUT2D eigenvalue weighted by molar-refractivity contribution is 6.04. The third kappa shape index (κ3) is 2.10. The van der Waals surface area contributed by atoms with Crippen molar-refractivity contribution in [2.24, 2.45) is 4.99 Å². The summed E-state index contributed by atoms with van der Waals surface area (Å²) in [6.07, 6.45) is 5.83. The summed E-state index contributed by atoms with van der Waals surface area (Å²) in [4.78, 5) is 7.46. The monoisotopic (exact) mass is 340 g/mol. The molecule has 3 heteroatoms. The normalized spacial score (nSPS) is 24.3. The highest BCUT2D eigenvalue weighted by Crippen LogP contribution is 2.53. The Morgan fingerprint density at radius 3 is 2.42 bits per heavy atom. The molecular weight excluding hydrogens is 320 g/mol. The fourth-order valence-electron chi connectivity index (χ4n) is 4.31. The van der Waals surface area contributed by atoms with Crippen molar-refractivity contribution in [1.82, 2.24) is 4.90 Å². The molecule has 2 aromatic carbocycles. The predicted octanol–water partition coefficient (Wildman–Crippen LogP) is 5.05. The van der Waals surface area contributed by atoms with Crippen molar-refractivity contribution in [1.29, 1.82) is 0 Å². The quantitative estimate of drug-likeness (QED) is 0.668. The van der Waals surface area contributed by atoms with Crippen molar-refractivity contribution < 1.29 is 4.42 Å². The lowest BCUT2D eigenvalue weighted by Crippen LogP contribution is -2.65. The average Bonchev–Trinajstić information content (AvgIpc) is 3.22. The molecule has 26 heavy (non-hydrogen) atoms. The van der Waals surface area contributed by atoms with Gasteiger partial charge in [0.05, 0.1) is 29.7 Å². The van der Waals surface area contributed by atoms with Crippen LogP contribution in [-0.2, 0) is 5.41 Å². The molecule has 0 saturated carbocycles. The minimum atomic E-state index is -0.167. The van der Waals surface area contributed by atoms with E-state index in [2.05, 4.69) is 78.6 Å². The summed E-state index contributed by atoms with van der Waals surface area (Å²) < 4.78 is 5.39. The average molecular weight is 340 g/mol. The number of amidine groups is 1. The van der Waals surface area contributed by atoms with Crippen LogP contribution in [-0.4, -0.2) is 17.3 Å². The SMILES string of the molecule is C[C@]1(c2ccccc2)C2=NC(c3ccccc3)=CCN2[C@@H]1c1ccoc1. The van der Waals surface area contributed by atoms with Gasteiger partial charge in [-0.25, -0.2) is 4.99 Å². The van der Waals surface area contributed by atoms with Gasteiger partial charge in [0.25, 0.3) is 0 Å². The van der Waals surface area contributed by atoms with Crippen molar-refractivity contribution in [2.75, 3.05) is 6.54 Å². The number of fused-ring (bicyclic) bond motifs is 1. The molecule has 0 unspecified atom stereocenters. The van der Waals surface area contributed by atoms with E-state index in [1.54, 1.807) is 6.26 Å². The lowest BCUT2D eigenvalue weighted by molar-refractivity contribution is 0.166. The highest BCUT2D eigenvalue weighted by atomic mass is 16.3. The maximum Gasteiger partial charge on any atom is 0.119 e. The molecule has 0 bridgehead atoms. The van der Waals surface area contributed by atoms with Crippen LogP contribution >= 0.6 is 0 Å². The molecule has 1 fully saturated rings. The number of hydrogen-bond donors (Lipinski definition) is 0. The summed E-state index contributed by atoms with van der Waals surface area (Å²) in [6, 6.07) is 23.4. The van der Waals surface area contributed by atoms with Gasteiger partial charge in [0.15, 0.2) is 0 Å². The first-order chi connectivity index (χ1) is 12.8. The predicted molar refractivity (Wildman–Crippen MR) is 104 cm³/mol. The molecule has 128 valence electrons. The Bertz CT molecular complexity index is 974. The maximum absolute atomic E-state index is 5.39. The molecule has 0 aliphatic carbocycles. The molecule has 3 heterocycles. The van der Waals surface area contributed by atoms with Crippen LogP contribution in [0.25, 0.3) is 5.70 Å². The van der Waals surface area contributed by atoms with E-state index in [4.69, 9.17) is 9.41 Å². The molecule has 2 aliphatic rings. The Morgan fingerprint density at radius 2 is 1.73 bits per heavy atom. The Labute approximate surface area is 153 Å². The van der Waals surface area contributed by atoms with E-state index in [0.717, 1.165) is 18.1 Å². The van der Waals surface area contributed by atoms with Crippen LogP contribution in [0.5, 0.6) is 0 Å². The molecule has 2 aliphatic heterocycles. The van der Waals surface area contributed by atoms with Gasteiger partial charge in [-0.15, -0.1) is 0 Å². The summed E-state index contributed by atoms with van der Waals surface area (Å²) in [5.41, 5.74) is 4.55. The molecule has 1 aromatic heterocycles. The van der Waals surface area contributed by atoms with Crippen molar-refractivity contribution in [3.63, 3.8) is 0 Å². The van der Waals surface area contributed by atoms with Crippen LogP contribution in [0.2, 0.25) is 0 Å². The number of furan rings is 1. The summed E-state index contributed by atoms with van der Waals surface area (Å²) >= 11 is 0. The van der Waals surface area contributed by atoms with Gasteiger partial charge in [-0.1, -0.05) is 60.7 Å². The molecule has 3 aromatic rings. The smallest absolute Gasteiger partial charge is 0.119 e. The van der Waals surface area contributed by atoms with Crippen molar-refractivity contribution in [2.45, 2.75) is 18.4 Å². The zero-order valence-electron chi connectivity index (χ0n) is 14.7. The Hall–Kier alpha value is -3.07. The third-order valence-corrected chi connectivity index (χ3v) is 5.60. The first kappa shape index (κ1) is 15.2. The molecule has 3 nitrogen and oxygen atoms in total. The topological polar surface area (TPSA) is 28.7 Å². The molecule has 0 radical (unpaired) electrons. The van der Waals surface area contributed by atoms with E-state index < -0.39 is 0 Å². The van der Waals surface area contributed by atoms with E-state index in [1.165, 1.54) is 16.7 Å². The fraction of sp³-hybridized carbons (Fsp3) is 0.174. The summed E-state index contributed by atoms with van der Waals surface area (Å²) in [5, 5.41) is 0. The van der Waals surface area contributed by atoms with Crippen LogP contribution in [0, 0.1) is 0 Å². The summed E-state index contributed by atoms with van der Waals surface area (Å²) in [5.74, 6) is 1.14. The van der Waals surface area contributed by atoms with Gasteiger partial charge >= 0.3 is 0 Å². The molecular formula is C23H20N2O. The van der Waals surface area contributed by atoms with Crippen LogP contribution in [0.3, 0.4) is 0 Å². The zero-order chi connectivity index (χ0) is 17.6. The second-order valence-corrected chi connectivity index (χ2v) is 7.07. The first-order valence-electron chi connectivity index (χ1n) is 8.97. The number of benzene rings is 2. The Kier molecular flexibility index (Phi) is 3.35. The minimum absolute atomic E-state index is 0.167. The van der Waals surface area contributed by atoms with Crippen LogP contribution in [0.1, 0.15) is 29.7 Å². The molecule has 0 amide bonds. The lowest BCUT2D eigenvalue weighted by Gasteiger charge is -2.58. The molecule has 0 N–H and O–H groups in total. The maximum atomic E-state index is 5.39. The highest BCUT2D eigenvalue weighted by Gasteiger charge is 2.57. The van der Waals surface area contributed by atoms with Gasteiger partial charge < -0.3 is 9.32 Å². The van der Waals surface area contributed by atoms with Crippen LogP contribution < -0.4 is 0 Å². The second-order valence-electron chi connectivity index (χ2n) is 7.07. The Balaban J connectivity index is 1.62. The van der Waals surface area contributed by atoms with E-state index in [0.29, 0.717) is 0 Å². The number of hydrogen-bond acceptors (Lipinski definition) is 3. The van der Waals surface area contributed by atoms with E-state index in [9.17, 15) is 0 Å². The third-order valence-electron chi connectivity index (χ3n) is 5.60. The second kappa shape index (κ2) is 5.73. The molecule has 2 atom stereocenters. The first-order valence-corrected chi connectivity index (χ1v) is 8.97. The van der Waals surface area contributed by atoms with Crippen LogP contribution in [0.4, 0.5) is 0 Å². The minimum Gasteiger partial charge on any atom is -0.472 e. The molecule has 1 saturated heterocycles. The summed E-state index contributed by atoms with van der Waals surface area (Å²) in [6.45, 7) is 3.16. The van der Waals surface area contributed by atoms with Crippen molar-refractivity contribution in [3.8, 4) is 0 Å². The van der Waals surface area contributed by atoms with Crippen LogP contribution in [0.15, 0.2) is 94.7 Å². The molecule has 5 rings (SSSR count). The van der Waals surface area contributed by atoms with E-state index in [-0.39, 0.29) is 11.5 Å². The van der Waals surface area contributed by atoms with Gasteiger partial charge in [-0.2, -0.15) is 0 Å². The standard InChI is InChI=1S/C23H20N2O/c1-23(19-10-6-3-7-11-19)21(18-13-15-26-16-18)25-14-12-20(24-22(23)25)17-8-4-2-5-9-17/h2-13,15-16,21H,14H2,1H3/t21-,23-/m1/s1. The van der Waals surface area contributed by atoms with Gasteiger partial charge in [-0.05, 0) is 30.2 Å². The largest absolute Gasteiger partial charge is 0.472 e. The van der Waals surface area contributed by atoms with E-state index >= 15 is 0 Å². The van der Waals surface area contributed by atoms with Crippen molar-refractivity contribution in [3.05, 3.63) is 102 Å². The number of rotatable bonds is 3. The number of aliphatic imine (C=N–C) groups is 1. The van der Waals surface area contributed by atoms with Gasteiger partial charge in [-0.3, -0.25) is 0 Å². The fourth-order valence-corrected chi connectivity index (χ4v) is 4.31. The van der Waals surface area contributed by atoms with Gasteiger partial charge in [0.2, 0.25) is 0 Å². The Morgan fingerprint density at radius 1 is 1.00 bits per heavy atom. The van der Waals surface area contributed by atoms with Gasteiger partial charge in [0, 0.05) is 12.1 Å².